The normalized spacial score (nSPS) is 10.4. The third-order valence-electron chi connectivity index (χ3n) is 1.92. The first-order chi connectivity index (χ1) is 7.77. The van der Waals surface area contributed by atoms with E-state index in [1.165, 1.54) is 13.3 Å². The molecule has 0 aromatic heterocycles. The van der Waals surface area contributed by atoms with E-state index in [1.807, 2.05) is 30.3 Å². The van der Waals surface area contributed by atoms with Crippen molar-refractivity contribution in [3.05, 3.63) is 47.7 Å². The Balaban J connectivity index is 2.54. The molecule has 0 aliphatic heterocycles. The van der Waals surface area contributed by atoms with Gasteiger partial charge in [-0.15, -0.1) is 0 Å². The summed E-state index contributed by atoms with van der Waals surface area (Å²) in [6.07, 6.45) is 1.36. The topological polar surface area (TPSA) is 62.1 Å². The van der Waals surface area contributed by atoms with Gasteiger partial charge in [-0.1, -0.05) is 30.3 Å². The summed E-state index contributed by atoms with van der Waals surface area (Å²) < 4.78 is 4.44. The number of nitriles is 1. The Morgan fingerprint density at radius 1 is 1.50 bits per heavy atom. The van der Waals surface area contributed by atoms with Crippen LogP contribution in [-0.4, -0.2) is 13.1 Å². The van der Waals surface area contributed by atoms with E-state index in [2.05, 4.69) is 10.1 Å². The van der Waals surface area contributed by atoms with Gasteiger partial charge in [-0.3, -0.25) is 0 Å². The number of hydrogen-bond donors (Lipinski definition) is 1. The number of benzene rings is 1. The van der Waals surface area contributed by atoms with Crippen LogP contribution < -0.4 is 5.32 Å². The van der Waals surface area contributed by atoms with Gasteiger partial charge in [0.2, 0.25) is 0 Å². The number of esters is 1. The highest BCUT2D eigenvalue weighted by molar-refractivity contribution is 5.92. The van der Waals surface area contributed by atoms with Crippen LogP contribution >= 0.6 is 0 Å². The lowest BCUT2D eigenvalue weighted by atomic mass is 10.2. The summed E-state index contributed by atoms with van der Waals surface area (Å²) in [4.78, 5) is 11.0. The van der Waals surface area contributed by atoms with Crippen LogP contribution in [0.5, 0.6) is 0 Å². The van der Waals surface area contributed by atoms with E-state index in [4.69, 9.17) is 5.26 Å². The van der Waals surface area contributed by atoms with Crippen LogP contribution in [0.1, 0.15) is 5.56 Å². The Morgan fingerprint density at radius 2 is 2.19 bits per heavy atom. The monoisotopic (exact) mass is 216 g/mol. The molecule has 0 saturated heterocycles. The molecule has 1 aromatic carbocycles. The molecule has 0 atom stereocenters. The number of rotatable bonds is 4. The highest BCUT2D eigenvalue weighted by Crippen LogP contribution is 1.98. The molecule has 0 fully saturated rings. The van der Waals surface area contributed by atoms with Gasteiger partial charge in [0.05, 0.1) is 7.11 Å². The zero-order valence-electron chi connectivity index (χ0n) is 8.93. The van der Waals surface area contributed by atoms with Gasteiger partial charge >= 0.3 is 5.97 Å². The van der Waals surface area contributed by atoms with E-state index in [1.54, 1.807) is 6.07 Å². The van der Waals surface area contributed by atoms with Gasteiger partial charge in [-0.2, -0.15) is 5.26 Å². The molecule has 0 aliphatic rings. The van der Waals surface area contributed by atoms with Crippen molar-refractivity contribution in [1.29, 1.82) is 5.26 Å². The highest BCUT2D eigenvalue weighted by Gasteiger charge is 2.07. The van der Waals surface area contributed by atoms with E-state index >= 15 is 0 Å². The molecule has 1 rings (SSSR count). The molecule has 0 radical (unpaired) electrons. The standard InChI is InChI=1S/C12H12N2O2/c1-16-12(15)11(7-13)9-14-8-10-5-3-2-4-6-10/h2-6,9,14H,8H2,1H3/b11-9-. The zero-order valence-corrected chi connectivity index (χ0v) is 8.93. The zero-order chi connectivity index (χ0) is 11.8. The summed E-state index contributed by atoms with van der Waals surface area (Å²) >= 11 is 0. The number of ether oxygens (including phenoxy) is 1. The van der Waals surface area contributed by atoms with E-state index in [-0.39, 0.29) is 5.57 Å². The first-order valence-electron chi connectivity index (χ1n) is 4.74. The maximum absolute atomic E-state index is 11.0. The largest absolute Gasteiger partial charge is 0.465 e. The molecule has 0 aliphatic carbocycles. The van der Waals surface area contributed by atoms with Crippen LogP contribution in [0, 0.1) is 11.3 Å². The number of carbonyl (C=O) groups excluding carboxylic acids is 1. The Labute approximate surface area is 94.1 Å². The molecule has 4 nitrogen and oxygen atoms in total. The summed E-state index contributed by atoms with van der Waals surface area (Å²) in [7, 11) is 1.24. The molecule has 1 N–H and O–H groups in total. The molecule has 1 aromatic rings. The van der Waals surface area contributed by atoms with Crippen LogP contribution in [-0.2, 0) is 16.1 Å². The molecule has 0 bridgehead atoms. The lowest BCUT2D eigenvalue weighted by molar-refractivity contribution is -0.135. The number of methoxy groups -OCH3 is 1. The van der Waals surface area contributed by atoms with E-state index in [0.717, 1.165) is 5.56 Å². The molecular formula is C12H12N2O2. The Hall–Kier alpha value is -2.28. The van der Waals surface area contributed by atoms with Crippen molar-refractivity contribution in [2.75, 3.05) is 7.11 Å². The summed E-state index contributed by atoms with van der Waals surface area (Å²) in [5.74, 6) is -0.636. The number of carbonyl (C=O) groups is 1. The second kappa shape index (κ2) is 6.25. The SMILES string of the molecule is COC(=O)/C(C#N)=C\NCc1ccccc1. The molecule has 0 unspecified atom stereocenters. The summed E-state index contributed by atoms with van der Waals surface area (Å²) in [5, 5.41) is 11.5. The lowest BCUT2D eigenvalue weighted by Crippen LogP contribution is -2.10. The fourth-order valence-electron chi connectivity index (χ4n) is 1.11. The predicted molar refractivity (Wildman–Crippen MR) is 59.0 cm³/mol. The maximum atomic E-state index is 11.0. The van der Waals surface area contributed by atoms with E-state index in [0.29, 0.717) is 6.54 Å². The smallest absolute Gasteiger partial charge is 0.350 e. The second-order valence-electron chi connectivity index (χ2n) is 3.03. The van der Waals surface area contributed by atoms with Crippen molar-refractivity contribution in [2.45, 2.75) is 6.54 Å². The van der Waals surface area contributed by atoms with Gasteiger partial charge < -0.3 is 10.1 Å². The van der Waals surface area contributed by atoms with Gasteiger partial charge in [-0.05, 0) is 5.56 Å². The first kappa shape index (κ1) is 11.8. The van der Waals surface area contributed by atoms with Crippen molar-refractivity contribution in [3.8, 4) is 6.07 Å². The van der Waals surface area contributed by atoms with Crippen LogP contribution in [0.15, 0.2) is 42.1 Å². The minimum atomic E-state index is -0.636. The van der Waals surface area contributed by atoms with E-state index < -0.39 is 5.97 Å². The average molecular weight is 216 g/mol. The molecule has 0 heterocycles. The molecular weight excluding hydrogens is 204 g/mol. The fourth-order valence-corrected chi connectivity index (χ4v) is 1.11. The lowest BCUT2D eigenvalue weighted by Gasteiger charge is -2.01. The maximum Gasteiger partial charge on any atom is 0.350 e. The number of nitrogens with zero attached hydrogens (tertiary/aromatic N) is 1. The minimum Gasteiger partial charge on any atom is -0.465 e. The highest BCUT2D eigenvalue weighted by atomic mass is 16.5. The number of hydrogen-bond acceptors (Lipinski definition) is 4. The van der Waals surface area contributed by atoms with Crippen LogP contribution in [0.2, 0.25) is 0 Å². The molecule has 0 spiro atoms. The quantitative estimate of drug-likeness (QED) is 0.469. The summed E-state index contributed by atoms with van der Waals surface area (Å²) in [6.45, 7) is 0.559. The summed E-state index contributed by atoms with van der Waals surface area (Å²) in [6, 6.07) is 11.4. The molecule has 16 heavy (non-hydrogen) atoms. The van der Waals surface area contributed by atoms with Gasteiger partial charge in [0, 0.05) is 12.7 Å². The average Bonchev–Trinajstić information content (AvgIpc) is 2.35. The van der Waals surface area contributed by atoms with Crippen LogP contribution in [0.3, 0.4) is 0 Å². The second-order valence-corrected chi connectivity index (χ2v) is 3.03. The number of nitrogens with one attached hydrogen (secondary N) is 1. The van der Waals surface area contributed by atoms with Crippen molar-refractivity contribution < 1.29 is 9.53 Å². The third kappa shape index (κ3) is 3.46. The Morgan fingerprint density at radius 3 is 2.75 bits per heavy atom. The fraction of sp³-hybridized carbons (Fsp3) is 0.167. The van der Waals surface area contributed by atoms with Crippen molar-refractivity contribution >= 4 is 5.97 Å². The van der Waals surface area contributed by atoms with Gasteiger partial charge in [0.1, 0.15) is 6.07 Å². The minimum absolute atomic E-state index is 0.0431. The van der Waals surface area contributed by atoms with Crippen LogP contribution in [0.25, 0.3) is 0 Å². The Bertz CT molecular complexity index is 418. The third-order valence-corrected chi connectivity index (χ3v) is 1.92. The van der Waals surface area contributed by atoms with Crippen LogP contribution in [0.4, 0.5) is 0 Å². The predicted octanol–water partition coefficient (Wildman–Crippen LogP) is 1.36. The van der Waals surface area contributed by atoms with Crippen molar-refractivity contribution in [2.24, 2.45) is 0 Å². The molecule has 4 heteroatoms. The molecule has 0 saturated carbocycles. The Kier molecular flexibility index (Phi) is 4.61. The van der Waals surface area contributed by atoms with Crippen molar-refractivity contribution in [3.63, 3.8) is 0 Å². The van der Waals surface area contributed by atoms with Gasteiger partial charge in [-0.25, -0.2) is 4.79 Å². The van der Waals surface area contributed by atoms with Gasteiger partial charge in [0.25, 0.3) is 0 Å². The van der Waals surface area contributed by atoms with E-state index in [9.17, 15) is 4.79 Å². The molecule has 82 valence electrons. The molecule has 0 amide bonds. The first-order valence-corrected chi connectivity index (χ1v) is 4.74. The summed E-state index contributed by atoms with van der Waals surface area (Å²) in [5.41, 5.74) is 1.03. The van der Waals surface area contributed by atoms with Crippen molar-refractivity contribution in [1.82, 2.24) is 5.32 Å². The van der Waals surface area contributed by atoms with Gasteiger partial charge in [0.15, 0.2) is 5.57 Å².